The number of carboxylic acid groups (broad SMARTS) is 1. The van der Waals surface area contributed by atoms with E-state index in [1.807, 2.05) is 12.1 Å². The van der Waals surface area contributed by atoms with Gasteiger partial charge in [0, 0.05) is 10.1 Å². The third-order valence-corrected chi connectivity index (χ3v) is 3.52. The Bertz CT molecular complexity index is 563. The molecule has 2 rings (SSSR count). The van der Waals surface area contributed by atoms with Crippen molar-refractivity contribution < 1.29 is 24.9 Å². The van der Waals surface area contributed by atoms with Crippen LogP contribution in [-0.2, 0) is 0 Å². The molecule has 1 atom stereocenters. The summed E-state index contributed by atoms with van der Waals surface area (Å²) in [6.45, 7) is -0.567. The van der Waals surface area contributed by atoms with Crippen LogP contribution in [0.1, 0.15) is 9.67 Å². The van der Waals surface area contributed by atoms with Crippen LogP contribution in [0.3, 0.4) is 0 Å². The van der Waals surface area contributed by atoms with Crippen molar-refractivity contribution in [1.82, 2.24) is 0 Å². The van der Waals surface area contributed by atoms with E-state index >= 15 is 0 Å². The highest BCUT2D eigenvalue weighted by atomic mass is 32.1. The van der Waals surface area contributed by atoms with Crippen LogP contribution in [0, 0.1) is 0 Å². The smallest absolute Gasteiger partial charge is 0.349 e. The Balaban J connectivity index is 2.39. The Morgan fingerprint density at radius 2 is 2.11 bits per heavy atom. The fourth-order valence-corrected chi connectivity index (χ4v) is 2.52. The Morgan fingerprint density at radius 3 is 2.78 bits per heavy atom. The van der Waals surface area contributed by atoms with E-state index in [9.17, 15) is 9.90 Å². The molecular formula is C12H12O5S. The highest BCUT2D eigenvalue weighted by Crippen LogP contribution is 2.37. The van der Waals surface area contributed by atoms with Gasteiger partial charge in [-0.25, -0.2) is 4.79 Å². The van der Waals surface area contributed by atoms with Crippen molar-refractivity contribution in [2.75, 3.05) is 13.2 Å². The molecule has 0 saturated carbocycles. The first-order valence-electron chi connectivity index (χ1n) is 5.30. The van der Waals surface area contributed by atoms with Crippen molar-refractivity contribution in [1.29, 1.82) is 0 Å². The lowest BCUT2D eigenvalue weighted by Gasteiger charge is -2.09. The highest BCUT2D eigenvalue weighted by molar-refractivity contribution is 7.21. The number of rotatable bonds is 5. The molecule has 5 nitrogen and oxygen atoms in total. The second-order valence-electron chi connectivity index (χ2n) is 3.71. The second kappa shape index (κ2) is 5.34. The quantitative estimate of drug-likeness (QED) is 0.761. The molecule has 3 N–H and O–H groups in total. The van der Waals surface area contributed by atoms with Crippen molar-refractivity contribution in [2.24, 2.45) is 0 Å². The second-order valence-corrected chi connectivity index (χ2v) is 4.76. The molecule has 0 aliphatic rings. The van der Waals surface area contributed by atoms with E-state index in [0.717, 1.165) is 16.0 Å². The van der Waals surface area contributed by atoms with Gasteiger partial charge in [0.05, 0.1) is 6.61 Å². The van der Waals surface area contributed by atoms with Gasteiger partial charge < -0.3 is 20.1 Å². The van der Waals surface area contributed by atoms with Gasteiger partial charge in [0.1, 0.15) is 12.7 Å². The SMILES string of the molecule is O=C(O)c1sc2ccccc2c1OCC(O)CO. The lowest BCUT2D eigenvalue weighted by atomic mass is 10.2. The molecule has 96 valence electrons. The maximum absolute atomic E-state index is 11.1. The van der Waals surface area contributed by atoms with Crippen LogP contribution in [0.2, 0.25) is 0 Å². The molecule has 1 aromatic carbocycles. The number of benzene rings is 1. The van der Waals surface area contributed by atoms with E-state index < -0.39 is 18.7 Å². The van der Waals surface area contributed by atoms with E-state index in [4.69, 9.17) is 14.9 Å². The van der Waals surface area contributed by atoms with Crippen LogP contribution in [0.4, 0.5) is 0 Å². The number of fused-ring (bicyclic) bond motifs is 1. The van der Waals surface area contributed by atoms with Gasteiger partial charge in [-0.1, -0.05) is 12.1 Å². The van der Waals surface area contributed by atoms with Crippen molar-refractivity contribution in [3.8, 4) is 5.75 Å². The minimum atomic E-state index is -1.07. The molecule has 0 aliphatic carbocycles. The zero-order chi connectivity index (χ0) is 13.1. The average Bonchev–Trinajstić information content (AvgIpc) is 2.75. The zero-order valence-corrected chi connectivity index (χ0v) is 10.2. The molecular weight excluding hydrogens is 256 g/mol. The van der Waals surface area contributed by atoms with Crippen molar-refractivity contribution in [3.05, 3.63) is 29.1 Å². The van der Waals surface area contributed by atoms with E-state index in [0.29, 0.717) is 5.39 Å². The van der Waals surface area contributed by atoms with Crippen LogP contribution in [0.5, 0.6) is 5.75 Å². The number of aliphatic hydroxyl groups is 2. The lowest BCUT2D eigenvalue weighted by Crippen LogP contribution is -2.21. The van der Waals surface area contributed by atoms with E-state index in [2.05, 4.69) is 0 Å². The number of aromatic carboxylic acids is 1. The fourth-order valence-electron chi connectivity index (χ4n) is 1.54. The van der Waals surface area contributed by atoms with Gasteiger partial charge in [0.15, 0.2) is 10.6 Å². The summed E-state index contributed by atoms with van der Waals surface area (Å²) < 4.78 is 6.13. The van der Waals surface area contributed by atoms with Gasteiger partial charge >= 0.3 is 5.97 Å². The van der Waals surface area contributed by atoms with Crippen LogP contribution >= 0.6 is 11.3 Å². The molecule has 1 aromatic heterocycles. The molecule has 0 radical (unpaired) electrons. The first-order chi connectivity index (χ1) is 8.63. The van der Waals surface area contributed by atoms with Crippen molar-refractivity contribution >= 4 is 27.4 Å². The molecule has 6 heteroatoms. The molecule has 18 heavy (non-hydrogen) atoms. The number of carbonyl (C=O) groups is 1. The third-order valence-electron chi connectivity index (χ3n) is 2.37. The summed E-state index contributed by atoms with van der Waals surface area (Å²) in [5, 5.41) is 27.8. The molecule has 0 bridgehead atoms. The molecule has 0 spiro atoms. The Morgan fingerprint density at radius 1 is 1.39 bits per heavy atom. The molecule has 0 fully saturated rings. The summed E-state index contributed by atoms with van der Waals surface area (Å²) in [6, 6.07) is 7.17. The predicted octanol–water partition coefficient (Wildman–Crippen LogP) is 1.33. The minimum Gasteiger partial charge on any atom is -0.488 e. The number of ether oxygens (including phenoxy) is 1. The molecule has 1 heterocycles. The molecule has 0 aliphatic heterocycles. The molecule has 2 aromatic rings. The maximum Gasteiger partial charge on any atom is 0.349 e. The van der Waals surface area contributed by atoms with Crippen LogP contribution in [-0.4, -0.2) is 40.6 Å². The number of carboxylic acids is 1. The van der Waals surface area contributed by atoms with E-state index in [1.54, 1.807) is 12.1 Å². The van der Waals surface area contributed by atoms with Crippen molar-refractivity contribution in [2.45, 2.75) is 6.10 Å². The molecule has 0 saturated heterocycles. The standard InChI is InChI=1S/C12H12O5S/c13-5-7(14)6-17-10-8-3-1-2-4-9(8)18-11(10)12(15)16/h1-4,7,13-14H,5-6H2,(H,15,16). The predicted molar refractivity (Wildman–Crippen MR) is 67.4 cm³/mol. The highest BCUT2D eigenvalue weighted by Gasteiger charge is 2.19. The molecule has 1 unspecified atom stereocenters. The van der Waals surface area contributed by atoms with Crippen LogP contribution in [0.25, 0.3) is 10.1 Å². The summed E-state index contributed by atoms with van der Waals surface area (Å²) in [5.74, 6) is -0.819. The number of thiophene rings is 1. The minimum absolute atomic E-state index is 0.0985. The Labute approximate surface area is 107 Å². The van der Waals surface area contributed by atoms with Gasteiger partial charge in [-0.05, 0) is 12.1 Å². The summed E-state index contributed by atoms with van der Waals surface area (Å²) in [5.41, 5.74) is 0. The van der Waals surface area contributed by atoms with E-state index in [-0.39, 0.29) is 17.2 Å². The maximum atomic E-state index is 11.1. The van der Waals surface area contributed by atoms with Gasteiger partial charge in [-0.2, -0.15) is 0 Å². The van der Waals surface area contributed by atoms with Crippen LogP contribution in [0.15, 0.2) is 24.3 Å². The summed E-state index contributed by atoms with van der Waals surface area (Å²) in [6.07, 6.45) is -1.02. The van der Waals surface area contributed by atoms with Crippen LogP contribution < -0.4 is 4.74 Å². The summed E-state index contributed by atoms with van der Waals surface area (Å²) in [7, 11) is 0. The summed E-state index contributed by atoms with van der Waals surface area (Å²) >= 11 is 1.12. The fraction of sp³-hybridized carbons (Fsp3) is 0.250. The van der Waals surface area contributed by atoms with Crippen molar-refractivity contribution in [3.63, 3.8) is 0 Å². The normalized spacial score (nSPS) is 12.6. The first kappa shape index (κ1) is 12.8. The lowest BCUT2D eigenvalue weighted by molar-refractivity contribution is 0.0527. The Kier molecular flexibility index (Phi) is 3.81. The topological polar surface area (TPSA) is 87.0 Å². The summed E-state index contributed by atoms with van der Waals surface area (Å²) in [4.78, 5) is 11.2. The first-order valence-corrected chi connectivity index (χ1v) is 6.11. The molecule has 0 amide bonds. The zero-order valence-electron chi connectivity index (χ0n) is 9.37. The Hall–Kier alpha value is -1.63. The van der Waals surface area contributed by atoms with Gasteiger partial charge in [0.25, 0.3) is 0 Å². The number of hydrogen-bond donors (Lipinski definition) is 3. The van der Waals surface area contributed by atoms with Gasteiger partial charge in [-0.3, -0.25) is 0 Å². The number of hydrogen-bond acceptors (Lipinski definition) is 5. The monoisotopic (exact) mass is 268 g/mol. The third kappa shape index (κ3) is 2.45. The largest absolute Gasteiger partial charge is 0.488 e. The van der Waals surface area contributed by atoms with E-state index in [1.165, 1.54) is 0 Å². The average molecular weight is 268 g/mol. The number of aliphatic hydroxyl groups excluding tert-OH is 2. The van der Waals surface area contributed by atoms with Gasteiger partial charge in [-0.15, -0.1) is 11.3 Å². The van der Waals surface area contributed by atoms with Gasteiger partial charge in [0.2, 0.25) is 0 Å².